The van der Waals surface area contributed by atoms with Gasteiger partial charge in [0, 0.05) is 24.9 Å². The third-order valence-electron chi connectivity index (χ3n) is 2.69. The van der Waals surface area contributed by atoms with Crippen molar-refractivity contribution in [3.63, 3.8) is 0 Å². The van der Waals surface area contributed by atoms with Crippen molar-refractivity contribution in [2.24, 2.45) is 0 Å². The predicted octanol–water partition coefficient (Wildman–Crippen LogP) is 3.27. The molecule has 0 aliphatic rings. The first-order valence-corrected chi connectivity index (χ1v) is 7.89. The van der Waals surface area contributed by atoms with E-state index in [4.69, 9.17) is 4.74 Å². The standard InChI is InChI=1S/C15H22BrNO2/c16-10-5-4-9-15(18)17-11-6-12-19-13-14-7-2-1-3-8-14/h1-3,7-8H,4-6,9-13H2,(H,17,18). The van der Waals surface area contributed by atoms with Crippen LogP contribution in [0.15, 0.2) is 30.3 Å². The molecule has 3 nitrogen and oxygen atoms in total. The number of amides is 1. The Morgan fingerprint density at radius 2 is 1.95 bits per heavy atom. The molecule has 0 bridgehead atoms. The number of ether oxygens (including phenoxy) is 1. The van der Waals surface area contributed by atoms with Gasteiger partial charge in [0.05, 0.1) is 6.61 Å². The Kier molecular flexibility index (Phi) is 9.37. The minimum absolute atomic E-state index is 0.143. The summed E-state index contributed by atoms with van der Waals surface area (Å²) < 4.78 is 5.54. The molecular weight excluding hydrogens is 306 g/mol. The number of alkyl halides is 1. The summed E-state index contributed by atoms with van der Waals surface area (Å²) in [4.78, 5) is 11.4. The monoisotopic (exact) mass is 327 g/mol. The van der Waals surface area contributed by atoms with Gasteiger partial charge in [0.1, 0.15) is 0 Å². The molecule has 1 aromatic rings. The van der Waals surface area contributed by atoms with E-state index in [1.54, 1.807) is 0 Å². The molecule has 0 saturated carbocycles. The SMILES string of the molecule is O=C(CCCCBr)NCCCOCc1ccccc1. The van der Waals surface area contributed by atoms with Crippen molar-refractivity contribution in [3.8, 4) is 0 Å². The van der Waals surface area contributed by atoms with Gasteiger partial charge in [0.25, 0.3) is 0 Å². The molecule has 0 atom stereocenters. The lowest BCUT2D eigenvalue weighted by Gasteiger charge is -2.06. The summed E-state index contributed by atoms with van der Waals surface area (Å²) in [5.74, 6) is 0.143. The molecule has 0 aliphatic carbocycles. The van der Waals surface area contributed by atoms with Gasteiger partial charge in [-0.05, 0) is 24.8 Å². The van der Waals surface area contributed by atoms with Crippen LogP contribution in [0.4, 0.5) is 0 Å². The maximum Gasteiger partial charge on any atom is 0.219 e. The van der Waals surface area contributed by atoms with Crippen molar-refractivity contribution in [2.75, 3.05) is 18.5 Å². The molecular formula is C15H22BrNO2. The first-order valence-electron chi connectivity index (χ1n) is 6.77. The van der Waals surface area contributed by atoms with Gasteiger partial charge < -0.3 is 10.1 Å². The molecule has 0 saturated heterocycles. The Balaban J connectivity index is 1.92. The van der Waals surface area contributed by atoms with Crippen LogP contribution in [-0.4, -0.2) is 24.4 Å². The van der Waals surface area contributed by atoms with E-state index in [0.29, 0.717) is 26.2 Å². The highest BCUT2D eigenvalue weighted by molar-refractivity contribution is 9.09. The van der Waals surface area contributed by atoms with Crippen LogP contribution in [0.3, 0.4) is 0 Å². The molecule has 0 radical (unpaired) electrons. The highest BCUT2D eigenvalue weighted by atomic mass is 79.9. The summed E-state index contributed by atoms with van der Waals surface area (Å²) in [7, 11) is 0. The third kappa shape index (κ3) is 8.78. The van der Waals surface area contributed by atoms with Gasteiger partial charge in [-0.3, -0.25) is 4.79 Å². The molecule has 0 heterocycles. The summed E-state index contributed by atoms with van der Waals surface area (Å²) in [6.07, 6.45) is 3.47. The predicted molar refractivity (Wildman–Crippen MR) is 81.4 cm³/mol. The van der Waals surface area contributed by atoms with E-state index in [0.717, 1.165) is 24.6 Å². The average molecular weight is 328 g/mol. The summed E-state index contributed by atoms with van der Waals surface area (Å²) in [6.45, 7) is 2.01. The zero-order chi connectivity index (χ0) is 13.8. The van der Waals surface area contributed by atoms with Gasteiger partial charge in [0.15, 0.2) is 0 Å². The Labute approximate surface area is 123 Å². The average Bonchev–Trinajstić information content (AvgIpc) is 2.44. The van der Waals surface area contributed by atoms with E-state index in [9.17, 15) is 4.79 Å². The number of carbonyl (C=O) groups excluding carboxylic acids is 1. The lowest BCUT2D eigenvalue weighted by Crippen LogP contribution is -2.24. The molecule has 1 rings (SSSR count). The van der Waals surface area contributed by atoms with Crippen molar-refractivity contribution < 1.29 is 9.53 Å². The molecule has 0 aliphatic heterocycles. The fraction of sp³-hybridized carbons (Fsp3) is 0.533. The number of hydrogen-bond acceptors (Lipinski definition) is 2. The van der Waals surface area contributed by atoms with E-state index >= 15 is 0 Å². The van der Waals surface area contributed by atoms with Gasteiger partial charge in [-0.15, -0.1) is 0 Å². The second-order valence-electron chi connectivity index (χ2n) is 4.39. The maximum absolute atomic E-state index is 11.4. The van der Waals surface area contributed by atoms with Crippen molar-refractivity contribution in [2.45, 2.75) is 32.3 Å². The zero-order valence-corrected chi connectivity index (χ0v) is 12.8. The topological polar surface area (TPSA) is 38.3 Å². The van der Waals surface area contributed by atoms with E-state index < -0.39 is 0 Å². The van der Waals surface area contributed by atoms with Gasteiger partial charge in [-0.1, -0.05) is 46.3 Å². The summed E-state index contributed by atoms with van der Waals surface area (Å²) in [5, 5.41) is 3.87. The zero-order valence-electron chi connectivity index (χ0n) is 11.2. The number of unbranched alkanes of at least 4 members (excludes halogenated alkanes) is 1. The molecule has 1 N–H and O–H groups in total. The second-order valence-corrected chi connectivity index (χ2v) is 5.18. The van der Waals surface area contributed by atoms with Gasteiger partial charge in [0.2, 0.25) is 5.91 Å². The Hall–Kier alpha value is -0.870. The fourth-order valence-corrected chi connectivity index (χ4v) is 2.03. The van der Waals surface area contributed by atoms with Gasteiger partial charge >= 0.3 is 0 Å². The first kappa shape index (κ1) is 16.2. The molecule has 0 fully saturated rings. The molecule has 1 amide bonds. The molecule has 19 heavy (non-hydrogen) atoms. The van der Waals surface area contributed by atoms with Crippen molar-refractivity contribution in [1.82, 2.24) is 5.32 Å². The van der Waals surface area contributed by atoms with E-state index in [2.05, 4.69) is 21.2 Å². The Morgan fingerprint density at radius 3 is 2.68 bits per heavy atom. The number of hydrogen-bond donors (Lipinski definition) is 1. The van der Waals surface area contributed by atoms with Crippen LogP contribution in [0.1, 0.15) is 31.2 Å². The number of benzene rings is 1. The van der Waals surface area contributed by atoms with E-state index in [1.165, 1.54) is 5.56 Å². The lowest BCUT2D eigenvalue weighted by molar-refractivity contribution is -0.121. The van der Waals surface area contributed by atoms with Crippen molar-refractivity contribution >= 4 is 21.8 Å². The minimum Gasteiger partial charge on any atom is -0.377 e. The maximum atomic E-state index is 11.4. The third-order valence-corrected chi connectivity index (χ3v) is 3.25. The van der Waals surface area contributed by atoms with Crippen LogP contribution in [-0.2, 0) is 16.1 Å². The quantitative estimate of drug-likeness (QED) is 0.529. The van der Waals surface area contributed by atoms with E-state index in [-0.39, 0.29) is 5.91 Å². The van der Waals surface area contributed by atoms with Crippen molar-refractivity contribution in [3.05, 3.63) is 35.9 Å². The Bertz CT molecular complexity index is 343. The largest absolute Gasteiger partial charge is 0.377 e. The summed E-state index contributed by atoms with van der Waals surface area (Å²) in [6, 6.07) is 10.1. The van der Waals surface area contributed by atoms with Crippen molar-refractivity contribution in [1.29, 1.82) is 0 Å². The van der Waals surface area contributed by atoms with Crippen LogP contribution in [0.5, 0.6) is 0 Å². The number of halogens is 1. The number of nitrogens with one attached hydrogen (secondary N) is 1. The smallest absolute Gasteiger partial charge is 0.219 e. The normalized spacial score (nSPS) is 10.4. The molecule has 106 valence electrons. The van der Waals surface area contributed by atoms with Gasteiger partial charge in [-0.2, -0.15) is 0 Å². The van der Waals surface area contributed by atoms with E-state index in [1.807, 2.05) is 30.3 Å². The van der Waals surface area contributed by atoms with Gasteiger partial charge in [-0.25, -0.2) is 0 Å². The lowest BCUT2D eigenvalue weighted by atomic mass is 10.2. The van der Waals surface area contributed by atoms with Crippen LogP contribution in [0.25, 0.3) is 0 Å². The Morgan fingerprint density at radius 1 is 1.16 bits per heavy atom. The molecule has 0 aromatic heterocycles. The molecule has 0 unspecified atom stereocenters. The molecule has 1 aromatic carbocycles. The second kappa shape index (κ2) is 11.0. The molecule has 0 spiro atoms. The fourth-order valence-electron chi connectivity index (χ4n) is 1.63. The number of carbonyl (C=O) groups is 1. The first-order chi connectivity index (χ1) is 9.33. The summed E-state index contributed by atoms with van der Waals surface area (Å²) in [5.41, 5.74) is 1.18. The highest BCUT2D eigenvalue weighted by Crippen LogP contribution is 2.01. The summed E-state index contributed by atoms with van der Waals surface area (Å²) >= 11 is 3.35. The van der Waals surface area contributed by atoms with Crippen LogP contribution in [0.2, 0.25) is 0 Å². The highest BCUT2D eigenvalue weighted by Gasteiger charge is 1.99. The van der Waals surface area contributed by atoms with Crippen LogP contribution >= 0.6 is 15.9 Å². The minimum atomic E-state index is 0.143. The van der Waals surface area contributed by atoms with Crippen LogP contribution < -0.4 is 5.32 Å². The molecule has 4 heteroatoms. The van der Waals surface area contributed by atoms with Crippen LogP contribution in [0, 0.1) is 0 Å². The number of rotatable bonds is 10.